The number of carbonyl (C=O) groups is 4. The van der Waals surface area contributed by atoms with Crippen molar-refractivity contribution in [3.05, 3.63) is 35.4 Å². The van der Waals surface area contributed by atoms with Crippen LogP contribution < -0.4 is 5.32 Å². The van der Waals surface area contributed by atoms with Crippen LogP contribution in [0.1, 0.15) is 62.4 Å². The third-order valence-corrected chi connectivity index (χ3v) is 4.97. The summed E-state index contributed by atoms with van der Waals surface area (Å²) in [5, 5.41) is 2.89. The molecule has 184 valence electrons. The second-order valence-corrected chi connectivity index (χ2v) is 9.08. The highest BCUT2D eigenvalue weighted by Gasteiger charge is 2.21. The molecule has 0 aliphatic carbocycles. The SMILES string of the molecule is COCC(=O)CCCN(CCCC(=O)COC)C(=O)c1cccc(CNC(=O)C(C)(C)C)c1. The van der Waals surface area contributed by atoms with Crippen LogP contribution in [0.2, 0.25) is 0 Å². The standard InChI is InChI=1S/C25H38N2O6/c1-25(2,3)24(31)26-16-19-9-6-10-20(15-19)23(30)27(13-7-11-21(28)17-32-4)14-8-12-22(29)18-33-5/h6,9-10,15H,7-8,11-14,16-18H2,1-5H3,(H,26,31). The number of Topliss-reactive ketones (excluding diaryl/α,β-unsaturated/α-hetero) is 2. The van der Waals surface area contributed by atoms with Crippen molar-refractivity contribution in [1.29, 1.82) is 0 Å². The Morgan fingerprint density at radius 3 is 1.94 bits per heavy atom. The van der Waals surface area contributed by atoms with Crippen LogP contribution in [0.25, 0.3) is 0 Å². The molecule has 0 unspecified atom stereocenters. The third kappa shape index (κ3) is 11.2. The number of carbonyl (C=O) groups excluding carboxylic acids is 4. The molecular weight excluding hydrogens is 424 g/mol. The van der Waals surface area contributed by atoms with Gasteiger partial charge in [-0.05, 0) is 30.5 Å². The number of ether oxygens (including phenoxy) is 2. The summed E-state index contributed by atoms with van der Waals surface area (Å²) in [4.78, 5) is 50.6. The Kier molecular flexibility index (Phi) is 12.5. The fourth-order valence-corrected chi connectivity index (χ4v) is 3.16. The van der Waals surface area contributed by atoms with Crippen LogP contribution in [0.4, 0.5) is 0 Å². The van der Waals surface area contributed by atoms with Gasteiger partial charge in [-0.2, -0.15) is 0 Å². The molecule has 0 aromatic heterocycles. The van der Waals surface area contributed by atoms with Gasteiger partial charge in [0, 0.05) is 57.7 Å². The normalized spacial score (nSPS) is 11.2. The van der Waals surface area contributed by atoms with E-state index in [1.807, 2.05) is 26.8 Å². The average Bonchev–Trinajstić information content (AvgIpc) is 2.75. The first-order chi connectivity index (χ1) is 15.6. The Hall–Kier alpha value is -2.58. The Bertz CT molecular complexity index is 776. The maximum Gasteiger partial charge on any atom is 0.253 e. The van der Waals surface area contributed by atoms with Crippen LogP contribution in [-0.2, 0) is 30.4 Å². The van der Waals surface area contributed by atoms with Gasteiger partial charge >= 0.3 is 0 Å². The summed E-state index contributed by atoms with van der Waals surface area (Å²) in [7, 11) is 2.95. The largest absolute Gasteiger partial charge is 0.377 e. The zero-order valence-corrected chi connectivity index (χ0v) is 20.6. The fraction of sp³-hybridized carbons (Fsp3) is 0.600. The van der Waals surface area contributed by atoms with Crippen LogP contribution in [0, 0.1) is 5.41 Å². The molecule has 2 amide bonds. The molecule has 0 spiro atoms. The molecule has 0 fully saturated rings. The van der Waals surface area contributed by atoms with Crippen LogP contribution in [0.5, 0.6) is 0 Å². The number of nitrogens with zero attached hydrogens (tertiary/aromatic N) is 1. The molecule has 0 aliphatic heterocycles. The third-order valence-electron chi connectivity index (χ3n) is 4.97. The monoisotopic (exact) mass is 462 g/mol. The molecule has 1 rings (SSSR count). The highest BCUT2D eigenvalue weighted by molar-refractivity contribution is 5.94. The molecule has 0 saturated carbocycles. The van der Waals surface area contributed by atoms with Crippen LogP contribution in [0.3, 0.4) is 0 Å². The lowest BCUT2D eigenvalue weighted by Crippen LogP contribution is -2.35. The maximum absolute atomic E-state index is 13.2. The minimum Gasteiger partial charge on any atom is -0.377 e. The molecular formula is C25H38N2O6. The minimum atomic E-state index is -0.495. The van der Waals surface area contributed by atoms with Gasteiger partial charge < -0.3 is 19.7 Å². The zero-order chi connectivity index (χ0) is 24.9. The molecule has 8 heteroatoms. The first-order valence-electron chi connectivity index (χ1n) is 11.3. The summed E-state index contributed by atoms with van der Waals surface area (Å²) < 4.78 is 9.71. The van der Waals surface area contributed by atoms with Crippen molar-refractivity contribution >= 4 is 23.4 Å². The van der Waals surface area contributed by atoms with E-state index in [1.165, 1.54) is 14.2 Å². The molecule has 0 radical (unpaired) electrons. The predicted molar refractivity (Wildman–Crippen MR) is 126 cm³/mol. The Morgan fingerprint density at radius 1 is 0.909 bits per heavy atom. The number of hydrogen-bond acceptors (Lipinski definition) is 6. The van der Waals surface area contributed by atoms with Gasteiger partial charge in [0.2, 0.25) is 5.91 Å². The highest BCUT2D eigenvalue weighted by Crippen LogP contribution is 2.14. The van der Waals surface area contributed by atoms with Gasteiger partial charge in [-0.3, -0.25) is 19.2 Å². The quantitative estimate of drug-likeness (QED) is 0.430. The van der Waals surface area contributed by atoms with E-state index in [0.29, 0.717) is 50.9 Å². The summed E-state index contributed by atoms with van der Waals surface area (Å²) in [5.41, 5.74) is 0.831. The minimum absolute atomic E-state index is 0.0169. The molecule has 0 bridgehead atoms. The van der Waals surface area contributed by atoms with Gasteiger partial charge in [-0.1, -0.05) is 32.9 Å². The smallest absolute Gasteiger partial charge is 0.253 e. The van der Waals surface area contributed by atoms with Gasteiger partial charge in [0.15, 0.2) is 11.6 Å². The first kappa shape index (κ1) is 28.5. The Labute approximate surface area is 197 Å². The van der Waals surface area contributed by atoms with E-state index >= 15 is 0 Å². The van der Waals surface area contributed by atoms with E-state index in [0.717, 1.165) is 5.56 Å². The van der Waals surface area contributed by atoms with E-state index in [-0.39, 0.29) is 36.6 Å². The second kappa shape index (κ2) is 14.5. The van der Waals surface area contributed by atoms with Crippen molar-refractivity contribution in [3.63, 3.8) is 0 Å². The van der Waals surface area contributed by atoms with Gasteiger partial charge in [-0.15, -0.1) is 0 Å². The van der Waals surface area contributed by atoms with E-state index in [9.17, 15) is 19.2 Å². The predicted octanol–water partition coefficient (Wildman–Crippen LogP) is 2.78. The zero-order valence-electron chi connectivity index (χ0n) is 20.6. The van der Waals surface area contributed by atoms with Crippen LogP contribution in [-0.4, -0.2) is 68.8 Å². The lowest BCUT2D eigenvalue weighted by Gasteiger charge is -2.23. The molecule has 8 nitrogen and oxygen atoms in total. The summed E-state index contributed by atoms with van der Waals surface area (Å²) >= 11 is 0. The van der Waals surface area contributed by atoms with E-state index in [2.05, 4.69) is 5.32 Å². The van der Waals surface area contributed by atoms with E-state index in [1.54, 1.807) is 23.1 Å². The van der Waals surface area contributed by atoms with E-state index < -0.39 is 5.41 Å². The molecule has 1 N–H and O–H groups in total. The van der Waals surface area contributed by atoms with Gasteiger partial charge in [0.05, 0.1) is 0 Å². The average molecular weight is 463 g/mol. The van der Waals surface area contributed by atoms with Crippen molar-refractivity contribution in [2.75, 3.05) is 40.5 Å². The van der Waals surface area contributed by atoms with Crippen molar-refractivity contribution < 1.29 is 28.7 Å². The number of methoxy groups -OCH3 is 2. The lowest BCUT2D eigenvalue weighted by molar-refractivity contribution is -0.128. The van der Waals surface area contributed by atoms with Crippen molar-refractivity contribution in [1.82, 2.24) is 10.2 Å². The number of nitrogens with one attached hydrogen (secondary N) is 1. The van der Waals surface area contributed by atoms with Gasteiger partial charge in [-0.25, -0.2) is 0 Å². The number of amides is 2. The van der Waals surface area contributed by atoms with Crippen molar-refractivity contribution in [2.45, 2.75) is 53.0 Å². The molecule has 1 aromatic carbocycles. The van der Waals surface area contributed by atoms with Gasteiger partial charge in [0.1, 0.15) is 13.2 Å². The van der Waals surface area contributed by atoms with Crippen molar-refractivity contribution in [3.8, 4) is 0 Å². The number of hydrogen-bond donors (Lipinski definition) is 1. The summed E-state index contributed by atoms with van der Waals surface area (Å²) in [5.74, 6) is -0.270. The number of benzene rings is 1. The van der Waals surface area contributed by atoms with Gasteiger partial charge in [0.25, 0.3) is 5.91 Å². The summed E-state index contributed by atoms with van der Waals surface area (Å²) in [6.45, 7) is 6.77. The molecule has 0 atom stereocenters. The highest BCUT2D eigenvalue weighted by atomic mass is 16.5. The molecule has 0 saturated heterocycles. The Balaban J connectivity index is 2.83. The molecule has 33 heavy (non-hydrogen) atoms. The topological polar surface area (TPSA) is 102 Å². The van der Waals surface area contributed by atoms with Crippen LogP contribution >= 0.6 is 0 Å². The lowest BCUT2D eigenvalue weighted by atomic mass is 9.95. The van der Waals surface area contributed by atoms with E-state index in [4.69, 9.17) is 9.47 Å². The van der Waals surface area contributed by atoms with Crippen LogP contribution in [0.15, 0.2) is 24.3 Å². The fourth-order valence-electron chi connectivity index (χ4n) is 3.16. The molecule has 0 heterocycles. The summed E-state index contributed by atoms with van der Waals surface area (Å²) in [6, 6.07) is 7.14. The van der Waals surface area contributed by atoms with Crippen molar-refractivity contribution in [2.24, 2.45) is 5.41 Å². The number of ketones is 2. The molecule has 1 aromatic rings. The first-order valence-corrected chi connectivity index (χ1v) is 11.3. The maximum atomic E-state index is 13.2. The molecule has 0 aliphatic rings. The Morgan fingerprint density at radius 2 is 1.45 bits per heavy atom. The second-order valence-electron chi connectivity index (χ2n) is 9.08. The summed E-state index contributed by atoms with van der Waals surface area (Å²) in [6.07, 6.45) is 1.67. The number of rotatable bonds is 15.